The molecule has 0 spiro atoms. The number of aromatic nitrogens is 1. The van der Waals surface area contributed by atoms with Crippen molar-refractivity contribution in [2.75, 3.05) is 13.1 Å². The minimum absolute atomic E-state index is 0.145. The van der Waals surface area contributed by atoms with Crippen LogP contribution in [0.25, 0.3) is 0 Å². The molecule has 1 fully saturated rings. The Kier molecular flexibility index (Phi) is 4.90. The first-order valence-electron chi connectivity index (χ1n) is 7.39. The van der Waals surface area contributed by atoms with Crippen LogP contribution >= 0.6 is 15.9 Å². The monoisotopic (exact) mass is 363 g/mol. The topological polar surface area (TPSA) is 58.4 Å². The number of carbonyl (C=O) groups is 1. The Labute approximate surface area is 137 Å². The summed E-state index contributed by atoms with van der Waals surface area (Å²) in [4.78, 5) is 18.8. The number of nitrogens with one attached hydrogen (secondary N) is 1. The molecule has 0 bridgehead atoms. The van der Waals surface area contributed by atoms with Crippen LogP contribution in [0, 0.1) is 0 Å². The molecule has 1 amide bonds. The molecule has 0 radical (unpaired) electrons. The van der Waals surface area contributed by atoms with Crippen molar-refractivity contribution in [3.63, 3.8) is 0 Å². The molecule has 3 heterocycles. The minimum Gasteiger partial charge on any atom is -0.444 e. The van der Waals surface area contributed by atoms with Gasteiger partial charge in [0, 0.05) is 31.9 Å². The Bertz CT molecular complexity index is 621. The van der Waals surface area contributed by atoms with E-state index in [9.17, 15) is 4.79 Å². The lowest BCUT2D eigenvalue weighted by atomic mass is 10.0. The second kappa shape index (κ2) is 7.07. The Morgan fingerprint density at radius 3 is 2.77 bits per heavy atom. The summed E-state index contributed by atoms with van der Waals surface area (Å²) < 4.78 is 5.84. The van der Waals surface area contributed by atoms with E-state index in [4.69, 9.17) is 4.42 Å². The molecule has 22 heavy (non-hydrogen) atoms. The van der Waals surface area contributed by atoms with Gasteiger partial charge in [-0.25, -0.2) is 0 Å². The van der Waals surface area contributed by atoms with Crippen LogP contribution in [0.15, 0.2) is 45.6 Å². The van der Waals surface area contributed by atoms with Gasteiger partial charge in [0.05, 0.1) is 5.69 Å². The van der Waals surface area contributed by atoms with Gasteiger partial charge in [-0.1, -0.05) is 6.07 Å². The Morgan fingerprint density at radius 1 is 1.32 bits per heavy atom. The molecule has 0 unspecified atom stereocenters. The lowest BCUT2D eigenvalue weighted by Crippen LogP contribution is -2.44. The fourth-order valence-electron chi connectivity index (χ4n) is 2.65. The third kappa shape index (κ3) is 3.96. The first-order chi connectivity index (χ1) is 10.7. The number of amides is 1. The maximum Gasteiger partial charge on any atom is 0.287 e. The van der Waals surface area contributed by atoms with Gasteiger partial charge in [0.15, 0.2) is 10.4 Å². The largest absolute Gasteiger partial charge is 0.444 e. The molecule has 2 aromatic heterocycles. The molecule has 0 aliphatic carbocycles. The van der Waals surface area contributed by atoms with E-state index >= 15 is 0 Å². The number of nitrogens with zero attached hydrogens (tertiary/aromatic N) is 2. The van der Waals surface area contributed by atoms with E-state index in [-0.39, 0.29) is 11.9 Å². The molecule has 1 N–H and O–H groups in total. The van der Waals surface area contributed by atoms with Crippen LogP contribution in [0.5, 0.6) is 0 Å². The molecule has 1 aliphatic heterocycles. The number of pyridine rings is 1. The molecular formula is C16H18BrN3O2. The standard InChI is InChI=1S/C16H18BrN3O2/c17-15-5-4-14(22-15)16(21)19-12-6-9-20(10-7-12)11-13-3-1-2-8-18-13/h1-5,8,12H,6-7,9-11H2,(H,19,21). The first kappa shape index (κ1) is 15.2. The van der Waals surface area contributed by atoms with Crippen molar-refractivity contribution in [3.8, 4) is 0 Å². The Hall–Kier alpha value is -1.66. The quantitative estimate of drug-likeness (QED) is 0.907. The summed E-state index contributed by atoms with van der Waals surface area (Å²) in [5.41, 5.74) is 1.09. The van der Waals surface area contributed by atoms with Gasteiger partial charge in [0.1, 0.15) is 0 Å². The van der Waals surface area contributed by atoms with Gasteiger partial charge in [-0.3, -0.25) is 14.7 Å². The van der Waals surface area contributed by atoms with Crippen molar-refractivity contribution >= 4 is 21.8 Å². The highest BCUT2D eigenvalue weighted by molar-refractivity contribution is 9.10. The van der Waals surface area contributed by atoms with Crippen LogP contribution in [0.4, 0.5) is 0 Å². The Balaban J connectivity index is 1.46. The third-order valence-corrected chi connectivity index (χ3v) is 4.26. The van der Waals surface area contributed by atoms with Crippen molar-refractivity contribution in [2.24, 2.45) is 0 Å². The van der Waals surface area contributed by atoms with Gasteiger partial charge in [-0.15, -0.1) is 0 Å². The zero-order valence-electron chi connectivity index (χ0n) is 12.2. The summed E-state index contributed by atoms with van der Waals surface area (Å²) in [7, 11) is 0. The Morgan fingerprint density at radius 2 is 2.14 bits per heavy atom. The lowest BCUT2D eigenvalue weighted by Gasteiger charge is -2.31. The van der Waals surface area contributed by atoms with Gasteiger partial charge in [0.2, 0.25) is 0 Å². The fraction of sp³-hybridized carbons (Fsp3) is 0.375. The van der Waals surface area contributed by atoms with Gasteiger partial charge >= 0.3 is 0 Å². The van der Waals surface area contributed by atoms with E-state index in [1.807, 2.05) is 24.4 Å². The van der Waals surface area contributed by atoms with E-state index < -0.39 is 0 Å². The normalized spacial score (nSPS) is 16.6. The highest BCUT2D eigenvalue weighted by Gasteiger charge is 2.22. The molecule has 116 valence electrons. The number of furan rings is 1. The summed E-state index contributed by atoms with van der Waals surface area (Å²) >= 11 is 3.21. The van der Waals surface area contributed by atoms with Gasteiger partial charge in [-0.05, 0) is 53.0 Å². The molecule has 3 rings (SSSR count). The molecular weight excluding hydrogens is 346 g/mol. The summed E-state index contributed by atoms with van der Waals surface area (Å²) in [6, 6.07) is 9.59. The molecule has 1 aliphatic rings. The zero-order chi connectivity index (χ0) is 15.4. The van der Waals surface area contributed by atoms with Crippen molar-refractivity contribution in [1.82, 2.24) is 15.2 Å². The maximum atomic E-state index is 12.0. The first-order valence-corrected chi connectivity index (χ1v) is 8.18. The molecule has 2 aromatic rings. The number of halogens is 1. The van der Waals surface area contributed by atoms with Gasteiger partial charge in [0.25, 0.3) is 5.91 Å². The smallest absolute Gasteiger partial charge is 0.287 e. The second-order valence-corrected chi connectivity index (χ2v) is 6.23. The van der Waals surface area contributed by atoms with Crippen molar-refractivity contribution < 1.29 is 9.21 Å². The highest BCUT2D eigenvalue weighted by Crippen LogP contribution is 2.16. The third-order valence-electron chi connectivity index (χ3n) is 3.83. The predicted octanol–water partition coefficient (Wildman–Crippen LogP) is 2.83. The summed E-state index contributed by atoms with van der Waals surface area (Å²) in [6.45, 7) is 2.79. The molecule has 0 saturated carbocycles. The summed E-state index contributed by atoms with van der Waals surface area (Å²) in [6.07, 6.45) is 3.71. The highest BCUT2D eigenvalue weighted by atomic mass is 79.9. The SMILES string of the molecule is O=C(NC1CCN(Cc2ccccn2)CC1)c1ccc(Br)o1. The summed E-state index contributed by atoms with van der Waals surface area (Å²) in [5, 5.41) is 3.04. The van der Waals surface area contributed by atoms with E-state index in [2.05, 4.69) is 31.1 Å². The van der Waals surface area contributed by atoms with E-state index in [1.165, 1.54) is 0 Å². The van der Waals surface area contributed by atoms with E-state index in [0.717, 1.165) is 38.2 Å². The van der Waals surface area contributed by atoms with Crippen LogP contribution in [0.1, 0.15) is 29.1 Å². The average Bonchev–Trinajstić information content (AvgIpc) is 2.97. The number of likely N-dealkylation sites (tertiary alicyclic amines) is 1. The number of hydrogen-bond donors (Lipinski definition) is 1. The van der Waals surface area contributed by atoms with Gasteiger partial charge in [-0.2, -0.15) is 0 Å². The van der Waals surface area contributed by atoms with E-state index in [0.29, 0.717) is 10.4 Å². The second-order valence-electron chi connectivity index (χ2n) is 5.45. The number of rotatable bonds is 4. The maximum absolute atomic E-state index is 12.0. The van der Waals surface area contributed by atoms with Crippen molar-refractivity contribution in [2.45, 2.75) is 25.4 Å². The minimum atomic E-state index is -0.145. The van der Waals surface area contributed by atoms with Gasteiger partial charge < -0.3 is 9.73 Å². The van der Waals surface area contributed by atoms with Crippen LogP contribution in [-0.2, 0) is 6.54 Å². The van der Waals surface area contributed by atoms with Crippen molar-refractivity contribution in [1.29, 1.82) is 0 Å². The van der Waals surface area contributed by atoms with Crippen LogP contribution in [0.3, 0.4) is 0 Å². The predicted molar refractivity (Wildman–Crippen MR) is 86.4 cm³/mol. The number of carbonyl (C=O) groups excluding carboxylic acids is 1. The zero-order valence-corrected chi connectivity index (χ0v) is 13.8. The van der Waals surface area contributed by atoms with Crippen LogP contribution < -0.4 is 5.32 Å². The number of hydrogen-bond acceptors (Lipinski definition) is 4. The fourth-order valence-corrected chi connectivity index (χ4v) is 2.96. The summed E-state index contributed by atoms with van der Waals surface area (Å²) in [5.74, 6) is 0.205. The molecule has 6 heteroatoms. The molecule has 5 nitrogen and oxygen atoms in total. The van der Waals surface area contributed by atoms with E-state index in [1.54, 1.807) is 12.1 Å². The molecule has 1 saturated heterocycles. The molecule has 0 atom stereocenters. The molecule has 0 aromatic carbocycles. The average molecular weight is 364 g/mol. The number of piperidine rings is 1. The van der Waals surface area contributed by atoms with Crippen LogP contribution in [-0.4, -0.2) is 34.9 Å². The van der Waals surface area contributed by atoms with Crippen LogP contribution in [0.2, 0.25) is 0 Å². The lowest BCUT2D eigenvalue weighted by molar-refractivity contribution is 0.0879. The van der Waals surface area contributed by atoms with Crippen molar-refractivity contribution in [3.05, 3.63) is 52.7 Å².